The molecule has 0 aliphatic heterocycles. The molecule has 3 aromatic rings. The third-order valence-electron chi connectivity index (χ3n) is 6.80. The van der Waals surface area contributed by atoms with E-state index in [0.717, 1.165) is 24.5 Å². The number of hydrogen-bond acceptors (Lipinski definition) is 4. The second-order valence-corrected chi connectivity index (χ2v) is 12.8. The van der Waals surface area contributed by atoms with Crippen LogP contribution in [-0.4, -0.2) is 50.0 Å². The lowest BCUT2D eigenvalue weighted by Crippen LogP contribution is -2.54. The number of carbonyl (C=O) groups is 2. The number of halogens is 5. The van der Waals surface area contributed by atoms with Crippen LogP contribution in [0.1, 0.15) is 37.0 Å². The topological polar surface area (TPSA) is 86.8 Å². The summed E-state index contributed by atoms with van der Waals surface area (Å²) in [6, 6.07) is 15.9. The lowest BCUT2D eigenvalue weighted by Gasteiger charge is -2.34. The molecule has 0 saturated heterocycles. The van der Waals surface area contributed by atoms with Crippen molar-refractivity contribution in [2.24, 2.45) is 0 Å². The van der Waals surface area contributed by atoms with Gasteiger partial charge in [0.2, 0.25) is 21.8 Å². The highest BCUT2D eigenvalue weighted by atomic mass is 35.5. The molecule has 0 radical (unpaired) electrons. The van der Waals surface area contributed by atoms with Crippen molar-refractivity contribution in [3.8, 4) is 0 Å². The van der Waals surface area contributed by atoms with Crippen molar-refractivity contribution in [3.63, 3.8) is 0 Å². The fraction of sp³-hybridized carbons (Fsp3) is 0.333. The molecule has 0 heterocycles. The zero-order valence-corrected chi connectivity index (χ0v) is 26.1. The molecule has 3 rings (SSSR count). The van der Waals surface area contributed by atoms with E-state index in [9.17, 15) is 31.2 Å². The molecule has 232 valence electrons. The third-order valence-corrected chi connectivity index (χ3v) is 8.65. The van der Waals surface area contributed by atoms with E-state index in [1.165, 1.54) is 4.90 Å². The molecule has 0 aliphatic carbocycles. The average Bonchev–Trinajstić information content (AvgIpc) is 2.94. The molecule has 3 aromatic carbocycles. The fourth-order valence-corrected chi connectivity index (χ4v) is 5.66. The van der Waals surface area contributed by atoms with Crippen molar-refractivity contribution in [1.29, 1.82) is 0 Å². The molecule has 0 unspecified atom stereocenters. The Bertz CT molecular complexity index is 1520. The first kappa shape index (κ1) is 34.2. The lowest BCUT2D eigenvalue weighted by molar-refractivity contribution is -0.140. The van der Waals surface area contributed by atoms with Gasteiger partial charge in [0.1, 0.15) is 12.6 Å². The van der Waals surface area contributed by atoms with Gasteiger partial charge in [0, 0.05) is 34.6 Å². The molecule has 0 spiro atoms. The summed E-state index contributed by atoms with van der Waals surface area (Å²) < 4.78 is 66.7. The fourth-order valence-electron chi connectivity index (χ4n) is 4.30. The maximum atomic E-state index is 14.1. The first-order chi connectivity index (χ1) is 20.1. The summed E-state index contributed by atoms with van der Waals surface area (Å²) in [5, 5.41) is 3.31. The maximum Gasteiger partial charge on any atom is 0.416 e. The number of amides is 2. The normalized spacial score (nSPS) is 13.2. The Balaban J connectivity index is 2.13. The van der Waals surface area contributed by atoms with Gasteiger partial charge in [0.05, 0.1) is 17.5 Å². The number of hydrogen-bond donors (Lipinski definition) is 1. The zero-order valence-electron chi connectivity index (χ0n) is 23.7. The van der Waals surface area contributed by atoms with Crippen LogP contribution in [0.2, 0.25) is 10.0 Å². The minimum Gasteiger partial charge on any atom is -0.352 e. The largest absolute Gasteiger partial charge is 0.416 e. The van der Waals surface area contributed by atoms with E-state index in [0.29, 0.717) is 27.9 Å². The van der Waals surface area contributed by atoms with E-state index in [2.05, 4.69) is 5.32 Å². The summed E-state index contributed by atoms with van der Waals surface area (Å²) in [5.41, 5.74) is -0.406. The molecule has 0 aliphatic rings. The van der Waals surface area contributed by atoms with Crippen LogP contribution in [0.25, 0.3) is 0 Å². The Kier molecular flexibility index (Phi) is 11.5. The Hall–Kier alpha value is -3.28. The number of alkyl halides is 3. The van der Waals surface area contributed by atoms with Crippen LogP contribution >= 0.6 is 23.2 Å². The van der Waals surface area contributed by atoms with E-state index in [4.69, 9.17) is 23.2 Å². The Morgan fingerprint density at radius 3 is 2.12 bits per heavy atom. The van der Waals surface area contributed by atoms with Gasteiger partial charge < -0.3 is 10.2 Å². The summed E-state index contributed by atoms with van der Waals surface area (Å²) in [6.07, 6.45) is -3.30. The van der Waals surface area contributed by atoms with Crippen LogP contribution in [0.4, 0.5) is 18.9 Å². The number of anilines is 1. The first-order valence-corrected chi connectivity index (χ1v) is 15.9. The predicted molar refractivity (Wildman–Crippen MR) is 162 cm³/mol. The second kappa shape index (κ2) is 14.5. The lowest BCUT2D eigenvalue weighted by atomic mass is 10.0. The summed E-state index contributed by atoms with van der Waals surface area (Å²) in [5.74, 6) is -1.35. The minimum atomic E-state index is -4.75. The molecule has 43 heavy (non-hydrogen) atoms. The van der Waals surface area contributed by atoms with Crippen molar-refractivity contribution in [1.82, 2.24) is 10.2 Å². The van der Waals surface area contributed by atoms with E-state index in [-0.39, 0.29) is 34.7 Å². The van der Waals surface area contributed by atoms with Crippen LogP contribution in [0.3, 0.4) is 0 Å². The highest BCUT2D eigenvalue weighted by Gasteiger charge is 2.35. The molecule has 0 fully saturated rings. The van der Waals surface area contributed by atoms with Gasteiger partial charge in [-0.15, -0.1) is 0 Å². The predicted octanol–water partition coefficient (Wildman–Crippen LogP) is 6.33. The van der Waals surface area contributed by atoms with Crippen LogP contribution in [0.5, 0.6) is 0 Å². The third kappa shape index (κ3) is 9.35. The van der Waals surface area contributed by atoms with Crippen molar-refractivity contribution in [2.75, 3.05) is 17.1 Å². The first-order valence-electron chi connectivity index (χ1n) is 13.3. The second-order valence-electron chi connectivity index (χ2n) is 10.1. The highest BCUT2D eigenvalue weighted by molar-refractivity contribution is 7.92. The molecule has 2 amide bonds. The van der Waals surface area contributed by atoms with E-state index in [1.54, 1.807) is 55.5 Å². The van der Waals surface area contributed by atoms with Crippen molar-refractivity contribution >= 4 is 50.7 Å². The zero-order chi connectivity index (χ0) is 31.9. The number of sulfonamides is 1. The van der Waals surface area contributed by atoms with Crippen LogP contribution in [-0.2, 0) is 38.8 Å². The molecular formula is C30H32Cl2F3N3O4S. The number of carbonyl (C=O) groups excluding carboxylic acids is 2. The molecule has 7 nitrogen and oxygen atoms in total. The molecule has 0 aromatic heterocycles. The summed E-state index contributed by atoms with van der Waals surface area (Å²) in [7, 11) is -4.26. The number of benzene rings is 3. The molecule has 0 bridgehead atoms. The standard InChI is InChI=1S/C30H32Cl2F3N3O4S/c1-4-20(2)36-29(40)27(16-21-10-6-5-7-11-21)37(18-24-25(31)14-9-15-26(24)32)28(39)19-38(43(3,41)42)23-13-8-12-22(17-23)30(33,34)35/h5-15,17,20,27H,4,16,18-19H2,1-3H3,(H,36,40)/t20-,27-/m1/s1. The molecule has 2 atom stereocenters. The van der Waals surface area contributed by atoms with Gasteiger partial charge in [0.15, 0.2) is 0 Å². The number of nitrogens with zero attached hydrogens (tertiary/aromatic N) is 2. The van der Waals surface area contributed by atoms with Gasteiger partial charge in [-0.3, -0.25) is 13.9 Å². The van der Waals surface area contributed by atoms with E-state index < -0.39 is 46.2 Å². The van der Waals surface area contributed by atoms with Gasteiger partial charge in [-0.2, -0.15) is 13.2 Å². The van der Waals surface area contributed by atoms with Crippen molar-refractivity contribution in [2.45, 2.75) is 51.5 Å². The SMILES string of the molecule is CC[C@@H](C)NC(=O)[C@@H](Cc1ccccc1)N(Cc1c(Cl)cccc1Cl)C(=O)CN(c1cccc(C(F)(F)F)c1)S(C)(=O)=O. The average molecular weight is 659 g/mol. The summed E-state index contributed by atoms with van der Waals surface area (Å²) in [6.45, 7) is 2.52. The van der Waals surface area contributed by atoms with Gasteiger partial charge in [-0.1, -0.05) is 72.6 Å². The molecule has 13 heteroatoms. The number of rotatable bonds is 12. The smallest absolute Gasteiger partial charge is 0.352 e. The van der Waals surface area contributed by atoms with Gasteiger partial charge in [-0.05, 0) is 49.2 Å². The van der Waals surface area contributed by atoms with Crippen LogP contribution in [0, 0.1) is 0 Å². The van der Waals surface area contributed by atoms with Gasteiger partial charge in [0.25, 0.3) is 0 Å². The monoisotopic (exact) mass is 657 g/mol. The molecule has 0 saturated carbocycles. The highest BCUT2D eigenvalue weighted by Crippen LogP contribution is 2.33. The van der Waals surface area contributed by atoms with Crippen molar-refractivity contribution < 1.29 is 31.2 Å². The Morgan fingerprint density at radius 1 is 0.953 bits per heavy atom. The molecular weight excluding hydrogens is 626 g/mol. The Labute approximate surface area is 259 Å². The van der Waals surface area contributed by atoms with Crippen LogP contribution < -0.4 is 9.62 Å². The van der Waals surface area contributed by atoms with Crippen molar-refractivity contribution in [3.05, 3.63) is 99.5 Å². The summed E-state index contributed by atoms with van der Waals surface area (Å²) in [4.78, 5) is 29.0. The van der Waals surface area contributed by atoms with Gasteiger partial charge in [-0.25, -0.2) is 8.42 Å². The molecule has 1 N–H and O–H groups in total. The van der Waals surface area contributed by atoms with E-state index >= 15 is 0 Å². The van der Waals surface area contributed by atoms with Crippen LogP contribution in [0.15, 0.2) is 72.8 Å². The minimum absolute atomic E-state index is 0.0549. The Morgan fingerprint density at radius 2 is 1.56 bits per heavy atom. The quantitative estimate of drug-likeness (QED) is 0.247. The van der Waals surface area contributed by atoms with E-state index in [1.807, 2.05) is 6.92 Å². The number of nitrogens with one attached hydrogen (secondary N) is 1. The van der Waals surface area contributed by atoms with Gasteiger partial charge >= 0.3 is 6.18 Å². The summed E-state index contributed by atoms with van der Waals surface area (Å²) >= 11 is 12.9. The maximum absolute atomic E-state index is 14.1.